The Hall–Kier alpha value is -1.89. The highest BCUT2D eigenvalue weighted by molar-refractivity contribution is 9.10. The van der Waals surface area contributed by atoms with E-state index in [1.54, 1.807) is 24.3 Å². The van der Waals surface area contributed by atoms with Crippen LogP contribution in [0.25, 0.3) is 16.9 Å². The lowest BCUT2D eigenvalue weighted by atomic mass is 10.1. The molecule has 2 aromatic heterocycles. The lowest BCUT2D eigenvalue weighted by molar-refractivity contribution is -0.142. The number of nitrogens with zero attached hydrogens (tertiary/aromatic N) is 3. The van der Waals surface area contributed by atoms with Gasteiger partial charge in [-0.25, -0.2) is 9.50 Å². The van der Waals surface area contributed by atoms with Crippen molar-refractivity contribution in [3.63, 3.8) is 0 Å². The maximum atomic E-state index is 13.0. The SMILES string of the molecule is FC(F)(F)c1cc(-c2ccc(Br)cc2)nc2c[c]nn12. The molecule has 0 saturated heterocycles. The van der Waals surface area contributed by atoms with Gasteiger partial charge in [-0.05, 0) is 18.2 Å². The van der Waals surface area contributed by atoms with Crippen molar-refractivity contribution in [2.75, 3.05) is 0 Å². The first kappa shape index (κ1) is 13.1. The van der Waals surface area contributed by atoms with Crippen molar-refractivity contribution in [1.29, 1.82) is 0 Å². The molecule has 0 aliphatic carbocycles. The van der Waals surface area contributed by atoms with Crippen LogP contribution in [0.3, 0.4) is 0 Å². The second-order valence-corrected chi connectivity index (χ2v) is 4.99. The summed E-state index contributed by atoms with van der Waals surface area (Å²) in [7, 11) is 0. The summed E-state index contributed by atoms with van der Waals surface area (Å²) in [5, 5.41) is 3.54. The van der Waals surface area contributed by atoms with Gasteiger partial charge in [0.05, 0.1) is 5.69 Å². The van der Waals surface area contributed by atoms with Gasteiger partial charge >= 0.3 is 6.18 Å². The van der Waals surface area contributed by atoms with Crippen LogP contribution in [0, 0.1) is 6.20 Å². The van der Waals surface area contributed by atoms with Crippen LogP contribution in [-0.4, -0.2) is 14.6 Å². The number of alkyl halides is 3. The van der Waals surface area contributed by atoms with Gasteiger partial charge in [-0.2, -0.15) is 18.3 Å². The van der Waals surface area contributed by atoms with Crippen molar-refractivity contribution in [3.8, 4) is 11.3 Å². The second-order valence-electron chi connectivity index (χ2n) is 4.07. The molecule has 3 aromatic rings. The molecular weight excluding hydrogens is 335 g/mol. The van der Waals surface area contributed by atoms with E-state index in [4.69, 9.17) is 0 Å². The summed E-state index contributed by atoms with van der Waals surface area (Å²) in [6, 6.07) is 9.19. The van der Waals surface area contributed by atoms with Gasteiger partial charge in [0.1, 0.15) is 6.20 Å². The maximum Gasteiger partial charge on any atom is 0.433 e. The number of fused-ring (bicyclic) bond motifs is 1. The van der Waals surface area contributed by atoms with Gasteiger partial charge in [-0.1, -0.05) is 28.1 Å². The number of hydrogen-bond acceptors (Lipinski definition) is 2. The smallest absolute Gasteiger partial charge is 0.228 e. The van der Waals surface area contributed by atoms with Gasteiger partial charge in [-0.15, -0.1) is 0 Å². The third-order valence-electron chi connectivity index (χ3n) is 2.74. The van der Waals surface area contributed by atoms with E-state index in [1.165, 1.54) is 6.07 Å². The molecule has 3 rings (SSSR count). The predicted octanol–water partition coefficient (Wildman–Crippen LogP) is 3.98. The summed E-state index contributed by atoms with van der Waals surface area (Å²) in [6.45, 7) is 0. The van der Waals surface area contributed by atoms with Crippen molar-refractivity contribution in [3.05, 3.63) is 52.8 Å². The Kier molecular flexibility index (Phi) is 3.01. The molecule has 0 fully saturated rings. The van der Waals surface area contributed by atoms with Crippen LogP contribution in [-0.2, 0) is 6.18 Å². The van der Waals surface area contributed by atoms with E-state index in [9.17, 15) is 13.2 Å². The van der Waals surface area contributed by atoms with Crippen molar-refractivity contribution in [2.45, 2.75) is 6.18 Å². The number of benzene rings is 1. The van der Waals surface area contributed by atoms with E-state index in [1.807, 2.05) is 0 Å². The third-order valence-corrected chi connectivity index (χ3v) is 3.26. The molecule has 0 bridgehead atoms. The highest BCUT2D eigenvalue weighted by Crippen LogP contribution is 2.32. The van der Waals surface area contributed by atoms with Crippen LogP contribution < -0.4 is 0 Å². The third kappa shape index (κ3) is 2.29. The van der Waals surface area contributed by atoms with Gasteiger partial charge in [0.2, 0.25) is 0 Å². The standard InChI is InChI=1S/C13H6BrF3N3/c14-9-3-1-8(2-4-9)10-7-11(13(15,16)17)20-12(19-10)5-6-18-20/h1-5,7H. The van der Waals surface area contributed by atoms with E-state index in [0.29, 0.717) is 5.56 Å². The Balaban J connectivity index is 2.24. The molecule has 0 saturated carbocycles. The van der Waals surface area contributed by atoms with E-state index in [2.05, 4.69) is 32.2 Å². The first-order valence-corrected chi connectivity index (χ1v) is 6.34. The van der Waals surface area contributed by atoms with Crippen molar-refractivity contribution < 1.29 is 13.2 Å². The zero-order valence-electron chi connectivity index (χ0n) is 9.82. The topological polar surface area (TPSA) is 30.2 Å². The summed E-state index contributed by atoms with van der Waals surface area (Å²) in [6.07, 6.45) is -2.13. The first-order chi connectivity index (χ1) is 9.45. The Morgan fingerprint density at radius 2 is 1.85 bits per heavy atom. The Labute approximate surface area is 120 Å². The van der Waals surface area contributed by atoms with Crippen molar-refractivity contribution in [2.24, 2.45) is 0 Å². The molecule has 2 heterocycles. The molecule has 1 radical (unpaired) electrons. The summed E-state index contributed by atoms with van der Waals surface area (Å²) in [5.41, 5.74) is 0.0769. The van der Waals surface area contributed by atoms with E-state index in [-0.39, 0.29) is 11.3 Å². The highest BCUT2D eigenvalue weighted by Gasteiger charge is 2.35. The lowest BCUT2D eigenvalue weighted by Gasteiger charge is -2.11. The summed E-state index contributed by atoms with van der Waals surface area (Å²) in [5.74, 6) is 0. The fourth-order valence-corrected chi connectivity index (χ4v) is 2.09. The Bertz CT molecular complexity index is 763. The quantitative estimate of drug-likeness (QED) is 0.670. The number of hydrogen-bond donors (Lipinski definition) is 0. The zero-order valence-corrected chi connectivity index (χ0v) is 11.4. The van der Waals surface area contributed by atoms with E-state index >= 15 is 0 Å². The van der Waals surface area contributed by atoms with Gasteiger partial charge in [0.15, 0.2) is 11.3 Å². The summed E-state index contributed by atoms with van der Waals surface area (Å²) in [4.78, 5) is 4.16. The number of aromatic nitrogens is 3. The number of rotatable bonds is 1. The molecule has 0 aliphatic rings. The molecule has 20 heavy (non-hydrogen) atoms. The van der Waals surface area contributed by atoms with Crippen LogP contribution in [0.2, 0.25) is 0 Å². The molecule has 0 amide bonds. The average molecular weight is 341 g/mol. The lowest BCUT2D eigenvalue weighted by Crippen LogP contribution is -2.13. The molecule has 1 aromatic carbocycles. The molecule has 101 valence electrons. The normalized spacial score (nSPS) is 12.0. The van der Waals surface area contributed by atoms with Crippen LogP contribution in [0.5, 0.6) is 0 Å². The summed E-state index contributed by atoms with van der Waals surface area (Å²) < 4.78 is 40.7. The van der Waals surface area contributed by atoms with Crippen molar-refractivity contribution >= 4 is 21.6 Å². The van der Waals surface area contributed by atoms with Gasteiger partial charge in [0.25, 0.3) is 0 Å². The maximum absolute atomic E-state index is 13.0. The van der Waals surface area contributed by atoms with Crippen LogP contribution >= 0.6 is 15.9 Å². The molecule has 0 N–H and O–H groups in total. The molecule has 7 heteroatoms. The minimum Gasteiger partial charge on any atom is -0.228 e. The van der Waals surface area contributed by atoms with Crippen LogP contribution in [0.15, 0.2) is 40.9 Å². The molecule has 0 atom stereocenters. The van der Waals surface area contributed by atoms with Gasteiger partial charge in [-0.3, -0.25) is 0 Å². The molecule has 0 aliphatic heterocycles. The monoisotopic (exact) mass is 340 g/mol. The number of halogens is 4. The molecule has 0 spiro atoms. The average Bonchev–Trinajstić information content (AvgIpc) is 2.85. The minimum absolute atomic E-state index is 0.109. The second kappa shape index (κ2) is 4.59. The molecular formula is C13H6BrF3N3. The fourth-order valence-electron chi connectivity index (χ4n) is 1.83. The summed E-state index contributed by atoms with van der Waals surface area (Å²) >= 11 is 3.28. The highest BCUT2D eigenvalue weighted by atomic mass is 79.9. The van der Waals surface area contributed by atoms with Gasteiger partial charge < -0.3 is 0 Å². The van der Waals surface area contributed by atoms with Crippen molar-refractivity contribution in [1.82, 2.24) is 14.6 Å². The van der Waals surface area contributed by atoms with Gasteiger partial charge in [0, 0.05) is 16.1 Å². The predicted molar refractivity (Wildman–Crippen MR) is 70.0 cm³/mol. The van der Waals surface area contributed by atoms with Crippen LogP contribution in [0.4, 0.5) is 13.2 Å². The molecule has 0 unspecified atom stereocenters. The van der Waals surface area contributed by atoms with Crippen LogP contribution in [0.1, 0.15) is 5.69 Å². The fraction of sp³-hybridized carbons (Fsp3) is 0.0769. The van der Waals surface area contributed by atoms with E-state index < -0.39 is 11.9 Å². The Morgan fingerprint density at radius 3 is 2.50 bits per heavy atom. The Morgan fingerprint density at radius 1 is 1.15 bits per heavy atom. The zero-order chi connectivity index (χ0) is 14.3. The minimum atomic E-state index is -4.51. The first-order valence-electron chi connectivity index (χ1n) is 5.55. The largest absolute Gasteiger partial charge is 0.433 e. The van der Waals surface area contributed by atoms with E-state index in [0.717, 1.165) is 15.1 Å². The molecule has 3 nitrogen and oxygen atoms in total.